The van der Waals surface area contributed by atoms with Crippen LogP contribution in [-0.4, -0.2) is 19.3 Å². The second kappa shape index (κ2) is 6.99. The minimum absolute atomic E-state index is 0.0494. The van der Waals surface area contributed by atoms with E-state index in [1.807, 2.05) is 36.4 Å². The molecule has 2 rings (SSSR count). The Labute approximate surface area is 125 Å². The predicted molar refractivity (Wildman–Crippen MR) is 83.9 cm³/mol. The first-order valence-electron chi connectivity index (χ1n) is 6.86. The lowest BCUT2D eigenvalue weighted by molar-refractivity contribution is 0.274. The predicted octanol–water partition coefficient (Wildman–Crippen LogP) is 3.37. The van der Waals surface area contributed by atoms with Gasteiger partial charge >= 0.3 is 0 Å². The average Bonchev–Trinajstić information content (AvgIpc) is 2.54. The molecule has 0 aromatic heterocycles. The summed E-state index contributed by atoms with van der Waals surface area (Å²) in [6.07, 6.45) is 0. The molecule has 4 nitrogen and oxygen atoms in total. The molecule has 0 bridgehead atoms. The van der Waals surface area contributed by atoms with Crippen LogP contribution < -0.4 is 14.8 Å². The van der Waals surface area contributed by atoms with E-state index in [-0.39, 0.29) is 12.6 Å². The van der Waals surface area contributed by atoms with E-state index in [2.05, 4.69) is 18.3 Å². The highest BCUT2D eigenvalue weighted by molar-refractivity contribution is 5.52. The minimum atomic E-state index is -0.0494. The Kier molecular flexibility index (Phi) is 5.06. The number of aliphatic hydroxyl groups excluding tert-OH is 1. The second-order valence-electron chi connectivity index (χ2n) is 4.83. The number of hydrogen-bond acceptors (Lipinski definition) is 4. The molecule has 0 amide bonds. The Balaban J connectivity index is 2.16. The number of hydrogen-bond donors (Lipinski definition) is 2. The summed E-state index contributed by atoms with van der Waals surface area (Å²) < 4.78 is 10.5. The van der Waals surface area contributed by atoms with E-state index in [1.54, 1.807) is 14.2 Å². The average molecular weight is 287 g/mol. The maximum absolute atomic E-state index is 9.37. The van der Waals surface area contributed by atoms with Crippen LogP contribution in [0.3, 0.4) is 0 Å². The van der Waals surface area contributed by atoms with Gasteiger partial charge in [0.1, 0.15) is 11.5 Å². The molecule has 21 heavy (non-hydrogen) atoms. The smallest absolute Gasteiger partial charge is 0.124 e. The fourth-order valence-corrected chi connectivity index (χ4v) is 2.24. The van der Waals surface area contributed by atoms with Crippen LogP contribution in [0.2, 0.25) is 0 Å². The third kappa shape index (κ3) is 3.67. The number of ether oxygens (including phenoxy) is 2. The molecule has 4 heteroatoms. The molecule has 1 unspecified atom stereocenters. The van der Waals surface area contributed by atoms with Gasteiger partial charge in [-0.25, -0.2) is 0 Å². The van der Waals surface area contributed by atoms with E-state index in [1.165, 1.54) is 0 Å². The maximum Gasteiger partial charge on any atom is 0.124 e. The van der Waals surface area contributed by atoms with Crippen molar-refractivity contribution in [1.82, 2.24) is 0 Å². The van der Waals surface area contributed by atoms with Crippen molar-refractivity contribution in [1.29, 1.82) is 0 Å². The molecule has 0 radical (unpaired) electrons. The van der Waals surface area contributed by atoms with Gasteiger partial charge in [0, 0.05) is 17.3 Å². The van der Waals surface area contributed by atoms with Crippen LogP contribution in [0.25, 0.3) is 0 Å². The van der Waals surface area contributed by atoms with Gasteiger partial charge in [-0.3, -0.25) is 0 Å². The Morgan fingerprint density at radius 1 is 1.10 bits per heavy atom. The minimum Gasteiger partial charge on any atom is -0.497 e. The number of benzene rings is 2. The molecule has 2 aromatic carbocycles. The van der Waals surface area contributed by atoms with Gasteiger partial charge in [-0.05, 0) is 42.8 Å². The Morgan fingerprint density at radius 3 is 2.57 bits per heavy atom. The summed E-state index contributed by atoms with van der Waals surface area (Å²) in [4.78, 5) is 0. The van der Waals surface area contributed by atoms with Crippen molar-refractivity contribution in [3.05, 3.63) is 53.6 Å². The number of anilines is 1. The van der Waals surface area contributed by atoms with Gasteiger partial charge in [-0.2, -0.15) is 0 Å². The van der Waals surface area contributed by atoms with Gasteiger partial charge in [-0.15, -0.1) is 0 Å². The van der Waals surface area contributed by atoms with Gasteiger partial charge in [0.25, 0.3) is 0 Å². The summed E-state index contributed by atoms with van der Waals surface area (Å²) >= 11 is 0. The summed E-state index contributed by atoms with van der Waals surface area (Å²) in [5, 5.41) is 12.8. The van der Waals surface area contributed by atoms with Crippen molar-refractivity contribution >= 4 is 5.69 Å². The number of rotatable bonds is 6. The van der Waals surface area contributed by atoms with Crippen molar-refractivity contribution in [3.8, 4) is 11.5 Å². The zero-order valence-corrected chi connectivity index (χ0v) is 12.6. The van der Waals surface area contributed by atoms with Gasteiger partial charge in [-0.1, -0.05) is 12.1 Å². The molecule has 0 saturated carbocycles. The quantitative estimate of drug-likeness (QED) is 0.855. The molecule has 0 spiro atoms. The van der Waals surface area contributed by atoms with Gasteiger partial charge in [0.05, 0.1) is 20.8 Å². The molecule has 2 aromatic rings. The fraction of sp³-hybridized carbons (Fsp3) is 0.294. The van der Waals surface area contributed by atoms with E-state index in [9.17, 15) is 5.11 Å². The van der Waals surface area contributed by atoms with Gasteiger partial charge in [0.2, 0.25) is 0 Å². The van der Waals surface area contributed by atoms with Crippen LogP contribution in [-0.2, 0) is 6.61 Å². The molecule has 2 N–H and O–H groups in total. The van der Waals surface area contributed by atoms with Crippen molar-refractivity contribution in [2.45, 2.75) is 19.6 Å². The molecule has 0 aliphatic rings. The van der Waals surface area contributed by atoms with Crippen LogP contribution in [0.5, 0.6) is 11.5 Å². The Hall–Kier alpha value is -2.20. The summed E-state index contributed by atoms with van der Waals surface area (Å²) in [5.41, 5.74) is 2.84. The first-order valence-corrected chi connectivity index (χ1v) is 6.86. The molecule has 0 fully saturated rings. The molecule has 0 aliphatic heterocycles. The molecule has 0 heterocycles. The monoisotopic (exact) mass is 287 g/mol. The summed E-state index contributed by atoms with van der Waals surface area (Å²) in [5.74, 6) is 1.53. The second-order valence-corrected chi connectivity index (χ2v) is 4.83. The SMILES string of the molecule is COc1cccc(C(C)Nc2ccc(OC)c(CO)c2)c1. The van der Waals surface area contributed by atoms with Crippen molar-refractivity contribution in [2.24, 2.45) is 0 Å². The van der Waals surface area contributed by atoms with E-state index in [0.29, 0.717) is 5.75 Å². The van der Waals surface area contributed by atoms with Crippen molar-refractivity contribution in [3.63, 3.8) is 0 Å². The first kappa shape index (κ1) is 15.2. The molecule has 0 saturated heterocycles. The zero-order valence-electron chi connectivity index (χ0n) is 12.6. The normalized spacial score (nSPS) is 11.8. The molecule has 112 valence electrons. The Morgan fingerprint density at radius 2 is 1.90 bits per heavy atom. The highest BCUT2D eigenvalue weighted by atomic mass is 16.5. The lowest BCUT2D eigenvalue weighted by Gasteiger charge is -2.18. The highest BCUT2D eigenvalue weighted by Gasteiger charge is 2.08. The molecular weight excluding hydrogens is 266 g/mol. The Bertz CT molecular complexity index is 598. The standard InChI is InChI=1S/C17H21NO3/c1-12(13-5-4-6-16(10-13)20-2)18-15-7-8-17(21-3)14(9-15)11-19/h4-10,12,18-19H,11H2,1-3H3. The summed E-state index contributed by atoms with van der Waals surface area (Å²) in [6, 6.07) is 13.8. The summed E-state index contributed by atoms with van der Waals surface area (Å²) in [6.45, 7) is 2.03. The third-order valence-corrected chi connectivity index (χ3v) is 3.43. The van der Waals surface area contributed by atoms with Gasteiger partial charge in [0.15, 0.2) is 0 Å². The van der Waals surface area contributed by atoms with E-state index in [0.717, 1.165) is 22.6 Å². The van der Waals surface area contributed by atoms with Crippen LogP contribution >= 0.6 is 0 Å². The number of methoxy groups -OCH3 is 2. The first-order chi connectivity index (χ1) is 10.2. The lowest BCUT2D eigenvalue weighted by Crippen LogP contribution is -2.07. The van der Waals surface area contributed by atoms with E-state index >= 15 is 0 Å². The largest absolute Gasteiger partial charge is 0.497 e. The van der Waals surface area contributed by atoms with Crippen LogP contribution in [0.1, 0.15) is 24.1 Å². The highest BCUT2D eigenvalue weighted by Crippen LogP contribution is 2.26. The molecule has 1 atom stereocenters. The maximum atomic E-state index is 9.37. The summed E-state index contributed by atoms with van der Waals surface area (Å²) in [7, 11) is 3.26. The van der Waals surface area contributed by atoms with E-state index in [4.69, 9.17) is 9.47 Å². The zero-order chi connectivity index (χ0) is 15.2. The van der Waals surface area contributed by atoms with E-state index < -0.39 is 0 Å². The molecular formula is C17H21NO3. The van der Waals surface area contributed by atoms with Crippen LogP contribution in [0.4, 0.5) is 5.69 Å². The number of aliphatic hydroxyl groups is 1. The van der Waals surface area contributed by atoms with Gasteiger partial charge < -0.3 is 19.9 Å². The van der Waals surface area contributed by atoms with Crippen LogP contribution in [0, 0.1) is 0 Å². The fourth-order valence-electron chi connectivity index (χ4n) is 2.24. The van der Waals surface area contributed by atoms with Crippen LogP contribution in [0.15, 0.2) is 42.5 Å². The lowest BCUT2D eigenvalue weighted by atomic mass is 10.1. The van der Waals surface area contributed by atoms with Crippen molar-refractivity contribution < 1.29 is 14.6 Å². The number of nitrogens with one attached hydrogen (secondary N) is 1. The third-order valence-electron chi connectivity index (χ3n) is 3.43. The molecule has 0 aliphatic carbocycles. The topological polar surface area (TPSA) is 50.7 Å². The van der Waals surface area contributed by atoms with Crippen molar-refractivity contribution in [2.75, 3.05) is 19.5 Å².